The monoisotopic (exact) mass is 202 g/mol. The molecular weight excluding hydrogens is 196 g/mol. The van der Waals surface area contributed by atoms with Gasteiger partial charge in [-0.25, -0.2) is 4.79 Å². The zero-order chi connectivity index (χ0) is 8.97. The first-order chi connectivity index (χ1) is 5.79. The fourth-order valence-electron chi connectivity index (χ4n) is 0.813. The fraction of sp³-hybridized carbons (Fsp3) is 0.125. The van der Waals surface area contributed by atoms with Crippen molar-refractivity contribution in [1.29, 1.82) is 0 Å². The molecule has 0 radical (unpaired) electrons. The van der Waals surface area contributed by atoms with Gasteiger partial charge in [-0.3, -0.25) is 0 Å². The third-order valence-electron chi connectivity index (χ3n) is 1.38. The van der Waals surface area contributed by atoms with Crippen LogP contribution in [0, 0.1) is 0 Å². The number of carbonyl (C=O) groups excluding carboxylic acids is 1. The smallest absolute Gasteiger partial charge is 0.339 e. The number of hydrogen-bond donors (Lipinski definition) is 0. The molecule has 0 fully saturated rings. The average Bonchev–Trinajstić information content (AvgIpc) is 2.16. The molecule has 0 unspecified atom stereocenters. The van der Waals surface area contributed by atoms with Crippen molar-refractivity contribution in [2.75, 3.05) is 7.11 Å². The van der Waals surface area contributed by atoms with Crippen LogP contribution in [-0.2, 0) is 4.74 Å². The van der Waals surface area contributed by atoms with E-state index in [0.29, 0.717) is 10.5 Å². The number of carbonyl (C=O) groups is 1. The summed E-state index contributed by atoms with van der Waals surface area (Å²) in [6, 6.07) is 7.03. The molecule has 1 aromatic rings. The lowest BCUT2D eigenvalue weighted by atomic mass is 10.2. The third kappa shape index (κ3) is 1.93. The number of halogens is 1. The summed E-state index contributed by atoms with van der Waals surface area (Å²) in [5.74, 6) is -0.362. The second-order valence-corrected chi connectivity index (χ2v) is 3.12. The van der Waals surface area contributed by atoms with E-state index in [1.165, 1.54) is 7.11 Å². The van der Waals surface area contributed by atoms with Crippen molar-refractivity contribution in [3.8, 4) is 0 Å². The van der Waals surface area contributed by atoms with Crippen LogP contribution in [-0.4, -0.2) is 13.1 Å². The Balaban J connectivity index is 3.04. The van der Waals surface area contributed by atoms with Crippen LogP contribution in [0.4, 0.5) is 0 Å². The predicted molar refractivity (Wildman–Crippen MR) is 49.5 cm³/mol. The van der Waals surface area contributed by atoms with Crippen LogP contribution in [0.15, 0.2) is 29.2 Å². The van der Waals surface area contributed by atoms with E-state index in [-0.39, 0.29) is 5.97 Å². The lowest BCUT2D eigenvalue weighted by Gasteiger charge is -2.02. The Hall–Kier alpha value is -0.670. The summed E-state index contributed by atoms with van der Waals surface area (Å²) in [5.41, 5.74) is 0.500. The van der Waals surface area contributed by atoms with Gasteiger partial charge in [0.25, 0.3) is 0 Å². The van der Waals surface area contributed by atoms with Gasteiger partial charge in [-0.2, -0.15) is 0 Å². The number of benzene rings is 1. The first-order valence-electron chi connectivity index (χ1n) is 3.25. The van der Waals surface area contributed by atoms with E-state index in [4.69, 9.17) is 10.7 Å². The maximum atomic E-state index is 11.1. The van der Waals surface area contributed by atoms with Crippen LogP contribution in [0.5, 0.6) is 0 Å². The molecule has 0 heterocycles. The first kappa shape index (κ1) is 9.42. The topological polar surface area (TPSA) is 26.3 Å². The Bertz CT molecular complexity index is 288. The molecule has 0 saturated heterocycles. The molecule has 0 atom stereocenters. The molecule has 0 bridgehead atoms. The average molecular weight is 203 g/mol. The molecule has 12 heavy (non-hydrogen) atoms. The maximum Gasteiger partial charge on any atom is 0.339 e. The van der Waals surface area contributed by atoms with Crippen molar-refractivity contribution >= 4 is 27.6 Å². The van der Waals surface area contributed by atoms with Gasteiger partial charge >= 0.3 is 5.97 Å². The minimum atomic E-state index is -0.362. The fourth-order valence-corrected chi connectivity index (χ4v) is 1.58. The van der Waals surface area contributed by atoms with E-state index in [9.17, 15) is 4.79 Å². The Morgan fingerprint density at radius 1 is 1.50 bits per heavy atom. The van der Waals surface area contributed by atoms with Gasteiger partial charge in [-0.1, -0.05) is 12.1 Å². The van der Waals surface area contributed by atoms with Crippen molar-refractivity contribution in [2.45, 2.75) is 4.90 Å². The van der Waals surface area contributed by atoms with Crippen LogP contribution in [0.2, 0.25) is 0 Å². The first-order valence-corrected chi connectivity index (χ1v) is 4.89. The highest BCUT2D eigenvalue weighted by atomic mass is 35.7. The van der Waals surface area contributed by atoms with Gasteiger partial charge in [0.1, 0.15) is 0 Å². The predicted octanol–water partition coefficient (Wildman–Crippen LogP) is 2.72. The Morgan fingerprint density at radius 2 is 2.17 bits per heavy atom. The molecule has 0 saturated carbocycles. The lowest BCUT2D eigenvalue weighted by molar-refractivity contribution is 0.0597. The van der Waals surface area contributed by atoms with Gasteiger partial charge in [0.05, 0.1) is 12.7 Å². The van der Waals surface area contributed by atoms with Crippen molar-refractivity contribution in [1.82, 2.24) is 0 Å². The number of rotatable bonds is 2. The van der Waals surface area contributed by atoms with Crippen LogP contribution in [0.3, 0.4) is 0 Å². The van der Waals surface area contributed by atoms with E-state index in [2.05, 4.69) is 4.74 Å². The van der Waals surface area contributed by atoms with E-state index in [0.717, 1.165) is 11.0 Å². The second-order valence-electron chi connectivity index (χ2n) is 2.06. The van der Waals surface area contributed by atoms with Gasteiger partial charge in [-0.15, -0.1) is 0 Å². The third-order valence-corrected chi connectivity index (χ3v) is 2.40. The molecule has 1 aromatic carbocycles. The minimum absolute atomic E-state index is 0.362. The van der Waals surface area contributed by atoms with Crippen LogP contribution in [0.25, 0.3) is 0 Å². The summed E-state index contributed by atoms with van der Waals surface area (Å²) in [7, 11) is 7.90. The van der Waals surface area contributed by atoms with Gasteiger partial charge in [-0.05, 0) is 33.8 Å². The summed E-state index contributed by atoms with van der Waals surface area (Å²) >= 11 is 0. The normalized spacial score (nSPS) is 9.50. The summed E-state index contributed by atoms with van der Waals surface area (Å²) in [6.07, 6.45) is 0. The zero-order valence-corrected chi connectivity index (χ0v) is 7.98. The van der Waals surface area contributed by atoms with Crippen molar-refractivity contribution in [3.05, 3.63) is 29.8 Å². The highest BCUT2D eigenvalue weighted by Gasteiger charge is 2.09. The van der Waals surface area contributed by atoms with Gasteiger partial charge in [0.2, 0.25) is 0 Å². The minimum Gasteiger partial charge on any atom is -0.465 e. The molecule has 1 rings (SSSR count). The standard InChI is InChI=1S/C8H7ClO2S/c1-11-8(10)6-4-2-3-5-7(6)12-9/h2-5H,1H3. The van der Waals surface area contributed by atoms with E-state index >= 15 is 0 Å². The van der Waals surface area contributed by atoms with Gasteiger partial charge in [0.15, 0.2) is 0 Å². The number of ether oxygens (including phenoxy) is 1. The maximum absolute atomic E-state index is 11.1. The molecule has 64 valence electrons. The van der Waals surface area contributed by atoms with E-state index in [1.807, 2.05) is 6.07 Å². The van der Waals surface area contributed by atoms with Crippen molar-refractivity contribution in [2.24, 2.45) is 0 Å². The molecule has 0 amide bonds. The molecular formula is C8H7ClO2S. The van der Waals surface area contributed by atoms with Crippen LogP contribution >= 0.6 is 21.7 Å². The van der Waals surface area contributed by atoms with Crippen LogP contribution < -0.4 is 0 Å². The molecule has 0 spiro atoms. The Kier molecular flexibility index (Phi) is 3.44. The number of methoxy groups -OCH3 is 1. The van der Waals surface area contributed by atoms with E-state index in [1.54, 1.807) is 18.2 Å². The van der Waals surface area contributed by atoms with Crippen LogP contribution in [0.1, 0.15) is 10.4 Å². The molecule has 2 nitrogen and oxygen atoms in total. The van der Waals surface area contributed by atoms with E-state index < -0.39 is 0 Å². The van der Waals surface area contributed by atoms with Crippen molar-refractivity contribution in [3.63, 3.8) is 0 Å². The van der Waals surface area contributed by atoms with Crippen molar-refractivity contribution < 1.29 is 9.53 Å². The number of esters is 1. The molecule has 0 N–H and O–H groups in total. The van der Waals surface area contributed by atoms with Gasteiger partial charge < -0.3 is 4.74 Å². The Morgan fingerprint density at radius 3 is 2.75 bits per heavy atom. The summed E-state index contributed by atoms with van der Waals surface area (Å²) in [5, 5.41) is 0. The molecule has 0 aliphatic heterocycles. The van der Waals surface area contributed by atoms with Gasteiger partial charge in [0, 0.05) is 4.90 Å². The summed E-state index contributed by atoms with van der Waals surface area (Å²) in [4.78, 5) is 11.8. The lowest BCUT2D eigenvalue weighted by Crippen LogP contribution is -2.01. The summed E-state index contributed by atoms with van der Waals surface area (Å²) in [6.45, 7) is 0. The number of hydrogen-bond acceptors (Lipinski definition) is 3. The largest absolute Gasteiger partial charge is 0.465 e. The SMILES string of the molecule is COC(=O)c1ccccc1SCl. The molecule has 4 heteroatoms. The quantitative estimate of drug-likeness (QED) is 0.690. The Labute approximate surface area is 79.4 Å². The highest BCUT2D eigenvalue weighted by molar-refractivity contribution is 8.21. The molecule has 0 aromatic heterocycles. The zero-order valence-electron chi connectivity index (χ0n) is 6.41. The molecule has 0 aliphatic carbocycles. The second kappa shape index (κ2) is 4.38. The summed E-state index contributed by atoms with van der Waals surface area (Å²) < 4.78 is 4.57. The highest BCUT2D eigenvalue weighted by Crippen LogP contribution is 2.25. The molecule has 0 aliphatic rings.